The van der Waals surface area contributed by atoms with Gasteiger partial charge in [-0.1, -0.05) is 18.0 Å². The van der Waals surface area contributed by atoms with Crippen molar-refractivity contribution in [1.82, 2.24) is 4.90 Å². The van der Waals surface area contributed by atoms with E-state index >= 15 is 0 Å². The Hall–Kier alpha value is -1.00. The van der Waals surface area contributed by atoms with Gasteiger partial charge < -0.3 is 10.5 Å². The molecule has 1 saturated heterocycles. The van der Waals surface area contributed by atoms with Crippen molar-refractivity contribution in [1.29, 1.82) is 0 Å². The SMILES string of the molecule is Nc1cc(Cl)c(F)cc1OCCN1CCCCC1. The molecule has 1 fully saturated rings. The lowest BCUT2D eigenvalue weighted by atomic mass is 10.1. The number of benzene rings is 1. The van der Waals surface area contributed by atoms with Gasteiger partial charge in [-0.25, -0.2) is 4.39 Å². The third-order valence-electron chi connectivity index (χ3n) is 3.17. The monoisotopic (exact) mass is 272 g/mol. The zero-order valence-electron chi connectivity index (χ0n) is 10.3. The molecule has 5 heteroatoms. The molecule has 0 atom stereocenters. The van der Waals surface area contributed by atoms with Gasteiger partial charge in [0.25, 0.3) is 0 Å². The van der Waals surface area contributed by atoms with Crippen LogP contribution in [0.1, 0.15) is 19.3 Å². The standard InChI is InChI=1S/C13H18ClFN2O/c14-10-8-12(16)13(9-11(10)15)18-7-6-17-4-2-1-3-5-17/h8-9H,1-7,16H2. The predicted octanol–water partition coefficient (Wildman–Crippen LogP) is 2.93. The largest absolute Gasteiger partial charge is 0.490 e. The molecule has 1 heterocycles. The summed E-state index contributed by atoms with van der Waals surface area (Å²) in [5.41, 5.74) is 6.09. The number of nitrogens with zero attached hydrogens (tertiary/aromatic N) is 1. The summed E-state index contributed by atoms with van der Waals surface area (Å²) in [6, 6.07) is 2.63. The van der Waals surface area contributed by atoms with E-state index in [-0.39, 0.29) is 5.02 Å². The van der Waals surface area contributed by atoms with E-state index < -0.39 is 5.82 Å². The summed E-state index contributed by atoms with van der Waals surface area (Å²) in [5, 5.41) is 0.0240. The highest BCUT2D eigenvalue weighted by molar-refractivity contribution is 6.31. The van der Waals surface area contributed by atoms with Gasteiger partial charge in [0, 0.05) is 12.6 Å². The summed E-state index contributed by atoms with van der Waals surface area (Å²) in [6.45, 7) is 3.61. The molecule has 0 aromatic heterocycles. The van der Waals surface area contributed by atoms with Gasteiger partial charge >= 0.3 is 0 Å². The maximum Gasteiger partial charge on any atom is 0.145 e. The van der Waals surface area contributed by atoms with Crippen molar-refractivity contribution in [2.24, 2.45) is 0 Å². The number of likely N-dealkylation sites (tertiary alicyclic amines) is 1. The normalized spacial score (nSPS) is 16.8. The Labute approximate surface area is 112 Å². The average molecular weight is 273 g/mol. The Bertz CT molecular complexity index is 408. The third kappa shape index (κ3) is 3.50. The van der Waals surface area contributed by atoms with Crippen molar-refractivity contribution in [2.75, 3.05) is 32.0 Å². The highest BCUT2D eigenvalue weighted by Crippen LogP contribution is 2.28. The molecule has 1 aromatic carbocycles. The molecule has 3 nitrogen and oxygen atoms in total. The van der Waals surface area contributed by atoms with Gasteiger partial charge in [0.05, 0.1) is 10.7 Å². The Balaban J connectivity index is 1.84. The number of ether oxygens (including phenoxy) is 1. The first-order valence-electron chi connectivity index (χ1n) is 6.26. The number of anilines is 1. The maximum atomic E-state index is 13.3. The number of hydrogen-bond donors (Lipinski definition) is 1. The highest BCUT2D eigenvalue weighted by atomic mass is 35.5. The van der Waals surface area contributed by atoms with Gasteiger partial charge in [-0.05, 0) is 32.0 Å². The zero-order chi connectivity index (χ0) is 13.0. The van der Waals surface area contributed by atoms with E-state index in [1.165, 1.54) is 31.4 Å². The van der Waals surface area contributed by atoms with Crippen LogP contribution < -0.4 is 10.5 Å². The van der Waals surface area contributed by atoms with Crippen LogP contribution in [0.15, 0.2) is 12.1 Å². The zero-order valence-corrected chi connectivity index (χ0v) is 11.0. The van der Waals surface area contributed by atoms with E-state index in [4.69, 9.17) is 22.1 Å². The van der Waals surface area contributed by atoms with Crippen LogP contribution in [0, 0.1) is 5.82 Å². The first kappa shape index (κ1) is 13.4. The lowest BCUT2D eigenvalue weighted by Gasteiger charge is -2.26. The Morgan fingerprint density at radius 2 is 2.00 bits per heavy atom. The van der Waals surface area contributed by atoms with Crippen LogP contribution in [0.4, 0.5) is 10.1 Å². The van der Waals surface area contributed by atoms with E-state index in [1.807, 2.05) is 0 Å². The van der Waals surface area contributed by atoms with Crippen molar-refractivity contribution in [2.45, 2.75) is 19.3 Å². The minimum absolute atomic E-state index is 0.0240. The predicted molar refractivity (Wildman–Crippen MR) is 71.6 cm³/mol. The molecule has 0 radical (unpaired) electrons. The molecule has 0 amide bonds. The molecule has 0 unspecified atom stereocenters. The fraction of sp³-hybridized carbons (Fsp3) is 0.538. The summed E-state index contributed by atoms with van der Waals surface area (Å²) in [7, 11) is 0. The van der Waals surface area contributed by atoms with Crippen LogP contribution in [0.3, 0.4) is 0 Å². The summed E-state index contributed by atoms with van der Waals surface area (Å²) in [4.78, 5) is 2.35. The number of halogens is 2. The third-order valence-corrected chi connectivity index (χ3v) is 3.46. The fourth-order valence-electron chi connectivity index (χ4n) is 2.14. The van der Waals surface area contributed by atoms with Crippen molar-refractivity contribution in [3.05, 3.63) is 23.0 Å². The molecule has 0 bridgehead atoms. The van der Waals surface area contributed by atoms with E-state index in [1.54, 1.807) is 0 Å². The van der Waals surface area contributed by atoms with Crippen molar-refractivity contribution in [3.8, 4) is 5.75 Å². The topological polar surface area (TPSA) is 38.5 Å². The average Bonchev–Trinajstić information content (AvgIpc) is 2.37. The molecule has 1 aliphatic heterocycles. The van der Waals surface area contributed by atoms with Crippen LogP contribution >= 0.6 is 11.6 Å². The summed E-state index contributed by atoms with van der Waals surface area (Å²) < 4.78 is 18.8. The van der Waals surface area contributed by atoms with Gasteiger partial charge in [-0.2, -0.15) is 0 Å². The summed E-state index contributed by atoms with van der Waals surface area (Å²) in [5.74, 6) is -0.132. The minimum atomic E-state index is -0.501. The quantitative estimate of drug-likeness (QED) is 0.857. The highest BCUT2D eigenvalue weighted by Gasteiger charge is 2.11. The van der Waals surface area contributed by atoms with Gasteiger partial charge in [-0.15, -0.1) is 0 Å². The Kier molecular flexibility index (Phi) is 4.66. The first-order valence-corrected chi connectivity index (χ1v) is 6.64. The fourth-order valence-corrected chi connectivity index (χ4v) is 2.31. The Morgan fingerprint density at radius 1 is 1.28 bits per heavy atom. The molecular formula is C13H18ClFN2O. The van der Waals surface area contributed by atoms with Crippen molar-refractivity contribution < 1.29 is 9.13 Å². The number of piperidine rings is 1. The maximum absolute atomic E-state index is 13.3. The van der Waals surface area contributed by atoms with E-state index in [2.05, 4.69) is 4.90 Å². The van der Waals surface area contributed by atoms with Crippen molar-refractivity contribution >= 4 is 17.3 Å². The molecule has 2 N–H and O–H groups in total. The second-order valence-electron chi connectivity index (χ2n) is 4.55. The van der Waals surface area contributed by atoms with Gasteiger partial charge in [0.15, 0.2) is 0 Å². The van der Waals surface area contributed by atoms with Crippen LogP contribution in [-0.4, -0.2) is 31.1 Å². The number of nitrogen functional groups attached to an aromatic ring is 1. The molecular weight excluding hydrogens is 255 g/mol. The van der Waals surface area contributed by atoms with E-state index in [9.17, 15) is 4.39 Å². The number of nitrogens with two attached hydrogens (primary N) is 1. The molecule has 100 valence electrons. The van der Waals surface area contributed by atoms with Crippen LogP contribution in [0.25, 0.3) is 0 Å². The molecule has 1 aromatic rings. The minimum Gasteiger partial charge on any atom is -0.490 e. The van der Waals surface area contributed by atoms with Gasteiger partial charge in [0.2, 0.25) is 0 Å². The second-order valence-corrected chi connectivity index (χ2v) is 4.96. The van der Waals surface area contributed by atoms with E-state index in [0.717, 1.165) is 19.6 Å². The molecule has 1 aliphatic rings. The first-order chi connectivity index (χ1) is 8.66. The number of rotatable bonds is 4. The molecule has 18 heavy (non-hydrogen) atoms. The van der Waals surface area contributed by atoms with Crippen molar-refractivity contribution in [3.63, 3.8) is 0 Å². The molecule has 0 aliphatic carbocycles. The lowest BCUT2D eigenvalue weighted by molar-refractivity contribution is 0.183. The van der Waals surface area contributed by atoms with Crippen LogP contribution in [-0.2, 0) is 0 Å². The van der Waals surface area contributed by atoms with Gasteiger partial charge in [-0.3, -0.25) is 4.90 Å². The van der Waals surface area contributed by atoms with Crippen LogP contribution in [0.5, 0.6) is 5.75 Å². The van der Waals surface area contributed by atoms with Crippen LogP contribution in [0.2, 0.25) is 5.02 Å². The molecule has 2 rings (SSSR count). The number of hydrogen-bond acceptors (Lipinski definition) is 3. The Morgan fingerprint density at radius 3 is 2.72 bits per heavy atom. The van der Waals surface area contributed by atoms with Gasteiger partial charge in [0.1, 0.15) is 18.2 Å². The van der Waals surface area contributed by atoms with E-state index in [0.29, 0.717) is 18.0 Å². The lowest BCUT2D eigenvalue weighted by Crippen LogP contribution is -2.33. The summed E-state index contributed by atoms with van der Waals surface area (Å²) >= 11 is 5.62. The summed E-state index contributed by atoms with van der Waals surface area (Å²) in [6.07, 6.45) is 3.81. The molecule has 0 saturated carbocycles. The molecule has 0 spiro atoms. The second kappa shape index (κ2) is 6.25. The smallest absolute Gasteiger partial charge is 0.145 e.